The van der Waals surface area contributed by atoms with E-state index >= 15 is 0 Å². The predicted octanol–water partition coefficient (Wildman–Crippen LogP) is 1.15. The molecule has 1 saturated heterocycles. The van der Waals surface area contributed by atoms with Crippen molar-refractivity contribution in [1.29, 1.82) is 0 Å². The lowest BCUT2D eigenvalue weighted by molar-refractivity contribution is -0.138. The number of likely N-dealkylation sites (tertiary alicyclic amines) is 1. The Hall–Kier alpha value is -2.32. The standard InChI is InChI=1S/C20H36N4O5/c1-12(2)11-15(23-19(28)29-20(4,5)6)18(27)24-9-7-14(8-10-24)17(26)22-13(3)16(21)25/h12-15H,7-11H2,1-6H3,(H2,21,25)(H,22,26)(H,23,28)/t13-,15-/m0/s1. The number of amides is 4. The molecule has 0 aromatic carbocycles. The van der Waals surface area contributed by atoms with E-state index in [1.54, 1.807) is 25.7 Å². The number of carbonyl (C=O) groups is 4. The summed E-state index contributed by atoms with van der Waals surface area (Å²) in [6, 6.07) is -1.40. The largest absolute Gasteiger partial charge is 0.444 e. The molecule has 1 aliphatic rings. The molecule has 0 saturated carbocycles. The average Bonchev–Trinajstić information content (AvgIpc) is 2.58. The monoisotopic (exact) mass is 412 g/mol. The summed E-state index contributed by atoms with van der Waals surface area (Å²) in [7, 11) is 0. The SMILES string of the molecule is CC(C)C[C@H](NC(=O)OC(C)(C)C)C(=O)N1CCC(C(=O)N[C@@H](C)C(N)=O)CC1. The lowest BCUT2D eigenvalue weighted by Crippen LogP contribution is -2.53. The van der Waals surface area contributed by atoms with Crippen LogP contribution < -0.4 is 16.4 Å². The van der Waals surface area contributed by atoms with Gasteiger partial charge in [0.15, 0.2) is 0 Å². The Bertz CT molecular complexity index is 606. The van der Waals surface area contributed by atoms with Gasteiger partial charge in [-0.1, -0.05) is 13.8 Å². The topological polar surface area (TPSA) is 131 Å². The number of primary amides is 1. The summed E-state index contributed by atoms with van der Waals surface area (Å²) in [6.07, 6.45) is 0.855. The van der Waals surface area contributed by atoms with Gasteiger partial charge in [0, 0.05) is 19.0 Å². The number of carbonyl (C=O) groups excluding carboxylic acids is 4. The molecule has 1 aliphatic heterocycles. The summed E-state index contributed by atoms with van der Waals surface area (Å²) >= 11 is 0. The van der Waals surface area contributed by atoms with Gasteiger partial charge in [-0.25, -0.2) is 4.79 Å². The van der Waals surface area contributed by atoms with Gasteiger partial charge in [-0.2, -0.15) is 0 Å². The van der Waals surface area contributed by atoms with Gasteiger partial charge in [0.2, 0.25) is 17.7 Å². The molecule has 0 aromatic heterocycles. The molecule has 9 heteroatoms. The van der Waals surface area contributed by atoms with E-state index in [4.69, 9.17) is 10.5 Å². The van der Waals surface area contributed by atoms with Gasteiger partial charge in [0.25, 0.3) is 0 Å². The van der Waals surface area contributed by atoms with E-state index in [0.717, 1.165) is 0 Å². The molecule has 0 aliphatic carbocycles. The minimum Gasteiger partial charge on any atom is -0.444 e. The van der Waals surface area contributed by atoms with Crippen molar-refractivity contribution in [2.45, 2.75) is 78.5 Å². The highest BCUT2D eigenvalue weighted by Crippen LogP contribution is 2.20. The predicted molar refractivity (Wildman–Crippen MR) is 109 cm³/mol. The summed E-state index contributed by atoms with van der Waals surface area (Å²) in [6.45, 7) is 11.6. The molecule has 0 bridgehead atoms. The molecule has 29 heavy (non-hydrogen) atoms. The van der Waals surface area contributed by atoms with Crippen LogP contribution in [0.25, 0.3) is 0 Å². The van der Waals surface area contributed by atoms with Crippen molar-refractivity contribution in [1.82, 2.24) is 15.5 Å². The fourth-order valence-corrected chi connectivity index (χ4v) is 3.13. The van der Waals surface area contributed by atoms with Crippen molar-refractivity contribution in [2.24, 2.45) is 17.6 Å². The van der Waals surface area contributed by atoms with E-state index in [1.165, 1.54) is 6.92 Å². The van der Waals surface area contributed by atoms with Gasteiger partial charge >= 0.3 is 6.09 Å². The molecule has 9 nitrogen and oxygen atoms in total. The van der Waals surface area contributed by atoms with Crippen molar-refractivity contribution in [3.63, 3.8) is 0 Å². The third kappa shape index (κ3) is 8.70. The van der Waals surface area contributed by atoms with Gasteiger partial charge < -0.3 is 26.0 Å². The van der Waals surface area contributed by atoms with E-state index in [9.17, 15) is 19.2 Å². The number of piperidine rings is 1. The molecule has 4 N–H and O–H groups in total. The minimum absolute atomic E-state index is 0.172. The molecule has 166 valence electrons. The highest BCUT2D eigenvalue weighted by atomic mass is 16.6. The van der Waals surface area contributed by atoms with Crippen molar-refractivity contribution in [2.75, 3.05) is 13.1 Å². The molecule has 2 atom stereocenters. The zero-order chi connectivity index (χ0) is 22.4. The zero-order valence-corrected chi connectivity index (χ0v) is 18.4. The lowest BCUT2D eigenvalue weighted by atomic mass is 9.94. The Morgan fingerprint density at radius 2 is 1.62 bits per heavy atom. The van der Waals surface area contributed by atoms with Gasteiger partial charge in [0.1, 0.15) is 17.7 Å². The average molecular weight is 413 g/mol. The molecule has 1 rings (SSSR count). The first-order valence-electron chi connectivity index (χ1n) is 10.2. The van der Waals surface area contributed by atoms with E-state index in [-0.39, 0.29) is 23.7 Å². The summed E-state index contributed by atoms with van der Waals surface area (Å²) in [4.78, 5) is 50.1. The molecule has 0 spiro atoms. The maximum atomic E-state index is 13.0. The van der Waals surface area contributed by atoms with Crippen LogP contribution in [-0.4, -0.2) is 59.5 Å². The van der Waals surface area contributed by atoms with Crippen LogP contribution in [0, 0.1) is 11.8 Å². The third-order valence-corrected chi connectivity index (χ3v) is 4.66. The number of hydrogen-bond donors (Lipinski definition) is 3. The maximum Gasteiger partial charge on any atom is 0.408 e. The van der Waals surface area contributed by atoms with Crippen LogP contribution in [-0.2, 0) is 19.1 Å². The van der Waals surface area contributed by atoms with Crippen molar-refractivity contribution >= 4 is 23.8 Å². The van der Waals surface area contributed by atoms with Crippen LogP contribution in [0.3, 0.4) is 0 Å². The molecular weight excluding hydrogens is 376 g/mol. The summed E-state index contributed by atoms with van der Waals surface area (Å²) in [5.74, 6) is -1.06. The van der Waals surface area contributed by atoms with Gasteiger partial charge in [-0.05, 0) is 52.9 Å². The van der Waals surface area contributed by atoms with E-state index in [2.05, 4.69) is 10.6 Å². The Kier molecular flexibility index (Phi) is 8.91. The van der Waals surface area contributed by atoms with E-state index < -0.39 is 29.7 Å². The zero-order valence-electron chi connectivity index (χ0n) is 18.4. The van der Waals surface area contributed by atoms with Gasteiger partial charge in [0.05, 0.1) is 0 Å². The Labute approximate surface area is 173 Å². The molecular formula is C20H36N4O5. The third-order valence-electron chi connectivity index (χ3n) is 4.66. The summed E-state index contributed by atoms with van der Waals surface area (Å²) in [5, 5.41) is 5.29. The molecule has 0 unspecified atom stereocenters. The quantitative estimate of drug-likeness (QED) is 0.577. The van der Waals surface area contributed by atoms with Gasteiger partial charge in [-0.15, -0.1) is 0 Å². The van der Waals surface area contributed by atoms with Crippen molar-refractivity contribution < 1.29 is 23.9 Å². The minimum atomic E-state index is -0.726. The molecule has 1 heterocycles. The van der Waals surface area contributed by atoms with E-state index in [1.807, 2.05) is 13.8 Å². The highest BCUT2D eigenvalue weighted by Gasteiger charge is 2.33. The van der Waals surface area contributed by atoms with Gasteiger partial charge in [-0.3, -0.25) is 14.4 Å². The molecule has 4 amide bonds. The van der Waals surface area contributed by atoms with Crippen LogP contribution in [0.1, 0.15) is 60.8 Å². The fraction of sp³-hybridized carbons (Fsp3) is 0.800. The second-order valence-electron chi connectivity index (χ2n) is 9.06. The first-order valence-corrected chi connectivity index (χ1v) is 10.2. The number of hydrogen-bond acceptors (Lipinski definition) is 5. The molecule has 1 fully saturated rings. The van der Waals surface area contributed by atoms with Crippen LogP contribution >= 0.6 is 0 Å². The summed E-state index contributed by atoms with van der Waals surface area (Å²) < 4.78 is 5.28. The first kappa shape index (κ1) is 24.7. The van der Waals surface area contributed by atoms with Crippen LogP contribution in [0.5, 0.6) is 0 Å². The number of nitrogens with zero attached hydrogens (tertiary/aromatic N) is 1. The number of nitrogens with one attached hydrogen (secondary N) is 2. The Morgan fingerprint density at radius 3 is 2.07 bits per heavy atom. The van der Waals surface area contributed by atoms with Crippen molar-refractivity contribution in [3.05, 3.63) is 0 Å². The molecule has 0 radical (unpaired) electrons. The Balaban J connectivity index is 2.66. The van der Waals surface area contributed by atoms with Crippen LogP contribution in [0.15, 0.2) is 0 Å². The van der Waals surface area contributed by atoms with Crippen LogP contribution in [0.4, 0.5) is 4.79 Å². The second kappa shape index (κ2) is 10.5. The number of rotatable bonds is 7. The van der Waals surface area contributed by atoms with E-state index in [0.29, 0.717) is 32.4 Å². The molecule has 0 aromatic rings. The smallest absolute Gasteiger partial charge is 0.408 e. The first-order chi connectivity index (χ1) is 13.3. The fourth-order valence-electron chi connectivity index (χ4n) is 3.13. The lowest BCUT2D eigenvalue weighted by Gasteiger charge is -2.34. The maximum absolute atomic E-state index is 13.0. The highest BCUT2D eigenvalue weighted by molar-refractivity contribution is 5.88. The van der Waals surface area contributed by atoms with Crippen molar-refractivity contribution in [3.8, 4) is 0 Å². The summed E-state index contributed by atoms with van der Waals surface area (Å²) in [5.41, 5.74) is 4.53. The number of nitrogens with two attached hydrogens (primary N) is 1. The Morgan fingerprint density at radius 1 is 1.07 bits per heavy atom. The number of ether oxygens (including phenoxy) is 1. The normalized spacial score (nSPS) is 17.4. The van der Waals surface area contributed by atoms with Crippen LogP contribution in [0.2, 0.25) is 0 Å². The second-order valence-corrected chi connectivity index (χ2v) is 9.06. The number of alkyl carbamates (subject to hydrolysis) is 1.